The monoisotopic (exact) mass is 551 g/mol. The van der Waals surface area contributed by atoms with Gasteiger partial charge in [-0.05, 0) is 61.9 Å². The summed E-state index contributed by atoms with van der Waals surface area (Å²) in [4.78, 5) is 43.3. The van der Waals surface area contributed by atoms with Crippen molar-refractivity contribution in [2.75, 3.05) is 25.1 Å². The third kappa shape index (κ3) is 5.02. The molecule has 3 saturated heterocycles. The molecule has 9 heteroatoms. The van der Waals surface area contributed by atoms with Crippen molar-refractivity contribution < 1.29 is 24.2 Å². The van der Waals surface area contributed by atoms with E-state index in [0.29, 0.717) is 38.2 Å². The number of unbranched alkanes of at least 4 members (excludes halogenated alkanes) is 1. The summed E-state index contributed by atoms with van der Waals surface area (Å²) in [6.45, 7) is 5.38. The van der Waals surface area contributed by atoms with Crippen molar-refractivity contribution in [3.8, 4) is 5.75 Å². The quantitative estimate of drug-likeness (QED) is 0.369. The molecule has 5 rings (SSSR count). The van der Waals surface area contributed by atoms with Gasteiger partial charge in [0.25, 0.3) is 0 Å². The van der Waals surface area contributed by atoms with Gasteiger partial charge in [-0.2, -0.15) is 0 Å². The summed E-state index contributed by atoms with van der Waals surface area (Å²) < 4.78 is 4.84. The largest absolute Gasteiger partial charge is 0.494 e. The highest BCUT2D eigenvalue weighted by Gasteiger charge is 2.75. The number of carbonyl (C=O) groups excluding carboxylic acids is 3. The maximum Gasteiger partial charge on any atom is 0.244 e. The van der Waals surface area contributed by atoms with Crippen molar-refractivity contribution in [1.82, 2.24) is 10.2 Å². The number of aliphatic hydroxyl groups is 1. The average Bonchev–Trinajstić information content (AvgIpc) is 3.53. The van der Waals surface area contributed by atoms with Gasteiger partial charge < -0.3 is 25.4 Å². The Hall–Kier alpha value is -3.04. The van der Waals surface area contributed by atoms with Gasteiger partial charge in [-0.25, -0.2) is 0 Å². The van der Waals surface area contributed by atoms with Crippen molar-refractivity contribution in [1.29, 1.82) is 0 Å². The van der Waals surface area contributed by atoms with E-state index in [0.717, 1.165) is 17.7 Å². The molecule has 2 aromatic carbocycles. The first-order valence-corrected chi connectivity index (χ1v) is 14.7. The van der Waals surface area contributed by atoms with E-state index in [2.05, 4.69) is 17.6 Å². The zero-order chi connectivity index (χ0) is 27.6. The molecular weight excluding hydrogens is 514 g/mol. The minimum absolute atomic E-state index is 0.0272. The fourth-order valence-electron chi connectivity index (χ4n) is 6.66. The first-order valence-electron chi connectivity index (χ1n) is 13.8. The number of aliphatic hydroxyl groups excluding tert-OH is 1. The fraction of sp³-hybridized carbons (Fsp3) is 0.500. The third-order valence-corrected chi connectivity index (χ3v) is 10.4. The number of fused-ring (bicyclic) bond motifs is 1. The Labute approximate surface area is 233 Å². The van der Waals surface area contributed by atoms with Crippen LogP contribution in [0.25, 0.3) is 0 Å². The molecule has 0 aromatic heterocycles. The summed E-state index contributed by atoms with van der Waals surface area (Å²) in [5, 5.41) is 15.4. The van der Waals surface area contributed by atoms with Gasteiger partial charge in [-0.15, -0.1) is 11.8 Å². The Bertz CT molecular complexity index is 1190. The summed E-state index contributed by atoms with van der Waals surface area (Å²) in [5.41, 5.74) is 1.64. The first kappa shape index (κ1) is 27.5. The number of hydrogen-bond donors (Lipinski definition) is 3. The summed E-state index contributed by atoms with van der Waals surface area (Å²) in [5.74, 6) is -0.728. The molecule has 0 radical (unpaired) electrons. The number of carbonyl (C=O) groups is 3. The molecule has 3 unspecified atom stereocenters. The Morgan fingerprint density at radius 2 is 1.85 bits per heavy atom. The zero-order valence-corrected chi connectivity index (χ0v) is 23.3. The highest BCUT2D eigenvalue weighted by molar-refractivity contribution is 8.02. The molecule has 39 heavy (non-hydrogen) atoms. The van der Waals surface area contributed by atoms with Crippen molar-refractivity contribution in [3.63, 3.8) is 0 Å². The van der Waals surface area contributed by atoms with Crippen LogP contribution in [0, 0.1) is 17.8 Å². The van der Waals surface area contributed by atoms with Gasteiger partial charge in [0.15, 0.2) is 0 Å². The van der Waals surface area contributed by atoms with Crippen LogP contribution in [0.3, 0.4) is 0 Å². The van der Waals surface area contributed by atoms with Crippen LogP contribution in [0.2, 0.25) is 0 Å². The predicted octanol–water partition coefficient (Wildman–Crippen LogP) is 3.45. The minimum atomic E-state index is -0.664. The first-order chi connectivity index (χ1) is 18.9. The lowest BCUT2D eigenvalue weighted by Gasteiger charge is -2.38. The lowest BCUT2D eigenvalue weighted by molar-refractivity contribution is -0.139. The number of nitrogens with one attached hydrogen (secondary N) is 2. The Morgan fingerprint density at radius 3 is 2.54 bits per heavy atom. The lowest BCUT2D eigenvalue weighted by Crippen LogP contribution is -2.56. The second kappa shape index (κ2) is 11.6. The van der Waals surface area contributed by atoms with Crippen LogP contribution < -0.4 is 15.4 Å². The van der Waals surface area contributed by atoms with E-state index in [1.54, 1.807) is 28.8 Å². The summed E-state index contributed by atoms with van der Waals surface area (Å²) >= 11 is 1.66. The van der Waals surface area contributed by atoms with Crippen LogP contribution in [-0.2, 0) is 20.9 Å². The Morgan fingerprint density at radius 1 is 1.10 bits per heavy atom. The number of nitrogens with zero attached hydrogens (tertiary/aromatic N) is 1. The molecule has 3 heterocycles. The molecule has 6 atom stereocenters. The van der Waals surface area contributed by atoms with Crippen molar-refractivity contribution in [2.45, 2.75) is 55.7 Å². The number of hydrogen-bond acceptors (Lipinski definition) is 6. The molecule has 0 saturated carbocycles. The second-order valence-electron chi connectivity index (χ2n) is 10.7. The van der Waals surface area contributed by atoms with Crippen LogP contribution in [0.5, 0.6) is 5.75 Å². The van der Waals surface area contributed by atoms with Gasteiger partial charge in [-0.3, -0.25) is 14.4 Å². The predicted molar refractivity (Wildman–Crippen MR) is 151 cm³/mol. The molecule has 3 amide bonds. The van der Waals surface area contributed by atoms with E-state index >= 15 is 0 Å². The maximum absolute atomic E-state index is 14.1. The molecule has 8 nitrogen and oxygen atoms in total. The van der Waals surface area contributed by atoms with Crippen LogP contribution in [0.1, 0.15) is 38.7 Å². The summed E-state index contributed by atoms with van der Waals surface area (Å²) in [6.07, 6.45) is 1.93. The van der Waals surface area contributed by atoms with E-state index in [-0.39, 0.29) is 35.5 Å². The van der Waals surface area contributed by atoms with Gasteiger partial charge in [0.1, 0.15) is 11.8 Å². The highest BCUT2D eigenvalue weighted by Crippen LogP contribution is 2.68. The Kier molecular flexibility index (Phi) is 8.19. The molecular formula is C30H37N3O5S. The number of anilines is 1. The van der Waals surface area contributed by atoms with Crippen LogP contribution >= 0.6 is 11.8 Å². The standard InChI is InChI=1S/C30H37N3O5S/c1-3-38-22-13-11-21(12-14-22)32-27(35)24-23-17-19(2)30(39-23)25(24)29(37)33(15-7-8-16-34)26(30)28(36)31-18-20-9-5-4-6-10-20/h4-6,9-14,19,23-26,34H,3,7-8,15-18H2,1-2H3,(H,31,36)(H,32,35)/t19?,23-,24+,25+,26?,30?/m1/s1. The molecule has 2 aromatic rings. The second-order valence-corrected chi connectivity index (χ2v) is 12.2. The molecule has 3 aliphatic heterocycles. The topological polar surface area (TPSA) is 108 Å². The van der Waals surface area contributed by atoms with E-state index in [9.17, 15) is 19.5 Å². The number of benzene rings is 2. The van der Waals surface area contributed by atoms with Gasteiger partial charge in [0.2, 0.25) is 17.7 Å². The summed E-state index contributed by atoms with van der Waals surface area (Å²) in [6, 6.07) is 16.3. The number of likely N-dealkylation sites (tertiary alicyclic amines) is 1. The van der Waals surface area contributed by atoms with Gasteiger partial charge >= 0.3 is 0 Å². The third-order valence-electron chi connectivity index (χ3n) is 8.35. The number of ether oxygens (including phenoxy) is 1. The molecule has 2 bridgehead atoms. The van der Waals surface area contributed by atoms with E-state index < -0.39 is 22.6 Å². The van der Waals surface area contributed by atoms with Gasteiger partial charge in [0.05, 0.1) is 23.2 Å². The highest BCUT2D eigenvalue weighted by atomic mass is 32.2. The molecule has 208 valence electrons. The average molecular weight is 552 g/mol. The van der Waals surface area contributed by atoms with Crippen LogP contribution in [0.4, 0.5) is 5.69 Å². The smallest absolute Gasteiger partial charge is 0.244 e. The number of amides is 3. The Balaban J connectivity index is 1.40. The van der Waals surface area contributed by atoms with Crippen LogP contribution in [0.15, 0.2) is 54.6 Å². The van der Waals surface area contributed by atoms with E-state index in [1.807, 2.05) is 49.4 Å². The molecule has 3 aliphatic rings. The lowest BCUT2D eigenvalue weighted by atomic mass is 9.66. The van der Waals surface area contributed by atoms with Crippen molar-refractivity contribution >= 4 is 35.2 Å². The molecule has 3 N–H and O–H groups in total. The molecule has 3 fully saturated rings. The summed E-state index contributed by atoms with van der Waals surface area (Å²) in [7, 11) is 0. The normalized spacial score (nSPS) is 28.8. The molecule has 0 aliphatic carbocycles. The van der Waals surface area contributed by atoms with E-state index in [4.69, 9.17) is 4.74 Å². The number of rotatable bonds is 11. The van der Waals surface area contributed by atoms with Gasteiger partial charge in [0, 0.05) is 30.6 Å². The fourth-order valence-corrected chi connectivity index (χ4v) is 9.08. The molecule has 1 spiro atoms. The van der Waals surface area contributed by atoms with E-state index in [1.165, 1.54) is 0 Å². The zero-order valence-electron chi connectivity index (χ0n) is 22.5. The van der Waals surface area contributed by atoms with Crippen molar-refractivity contribution in [3.05, 3.63) is 60.2 Å². The number of thioether (sulfide) groups is 1. The maximum atomic E-state index is 14.1. The van der Waals surface area contributed by atoms with Crippen LogP contribution in [-0.4, -0.2) is 63.5 Å². The SMILES string of the molecule is CCOc1ccc(NC(=O)[C@@H]2[C@H]3C(=O)N(CCCCO)C(C(=O)NCc4ccccc4)C34S[C@@H]2CC4C)cc1. The van der Waals surface area contributed by atoms with Crippen molar-refractivity contribution in [2.24, 2.45) is 17.8 Å². The van der Waals surface area contributed by atoms with Gasteiger partial charge in [-0.1, -0.05) is 37.3 Å². The minimum Gasteiger partial charge on any atom is -0.494 e.